The molecule has 0 aliphatic carbocycles. The average Bonchev–Trinajstić information content (AvgIpc) is 2.72. The lowest BCUT2D eigenvalue weighted by molar-refractivity contribution is -0.135. The molecule has 27 heavy (non-hydrogen) atoms. The molecule has 0 saturated carbocycles. The summed E-state index contributed by atoms with van der Waals surface area (Å²) in [7, 11) is 0. The molecule has 0 radical (unpaired) electrons. The summed E-state index contributed by atoms with van der Waals surface area (Å²) in [4.78, 5) is 13.2. The Labute approximate surface area is 166 Å². The highest BCUT2D eigenvalue weighted by Gasteiger charge is 2.25. The summed E-state index contributed by atoms with van der Waals surface area (Å²) >= 11 is 3.59. The number of ether oxygens (including phenoxy) is 1. The normalized spacial score (nSPS) is 10.9. The fourth-order valence-electron chi connectivity index (χ4n) is 3.22. The molecule has 0 saturated heterocycles. The van der Waals surface area contributed by atoms with Crippen LogP contribution in [0, 0.1) is 0 Å². The van der Waals surface area contributed by atoms with Gasteiger partial charge in [-0.25, -0.2) is 0 Å². The van der Waals surface area contributed by atoms with Crippen LogP contribution in [0.4, 0.5) is 0 Å². The Morgan fingerprint density at radius 3 is 1.89 bits per heavy atom. The van der Waals surface area contributed by atoms with Gasteiger partial charge in [-0.15, -0.1) is 0 Å². The van der Waals surface area contributed by atoms with Crippen LogP contribution in [0.15, 0.2) is 102 Å². The summed E-state index contributed by atoms with van der Waals surface area (Å²) in [5.74, 6) is -0.260. The van der Waals surface area contributed by atoms with Crippen molar-refractivity contribution >= 4 is 32.7 Å². The Morgan fingerprint density at radius 2 is 1.26 bits per heavy atom. The van der Waals surface area contributed by atoms with Gasteiger partial charge in [0.25, 0.3) is 0 Å². The second kappa shape index (κ2) is 7.77. The highest BCUT2D eigenvalue weighted by Crippen LogP contribution is 2.35. The van der Waals surface area contributed by atoms with Gasteiger partial charge in [-0.05, 0) is 43.9 Å². The minimum Gasteiger partial charge on any atom is -0.425 e. The van der Waals surface area contributed by atoms with E-state index < -0.39 is 5.92 Å². The highest BCUT2D eigenvalue weighted by molar-refractivity contribution is 9.10. The van der Waals surface area contributed by atoms with E-state index in [-0.39, 0.29) is 5.97 Å². The lowest BCUT2D eigenvalue weighted by Gasteiger charge is -2.18. The van der Waals surface area contributed by atoms with Gasteiger partial charge in [0, 0.05) is 0 Å². The predicted octanol–water partition coefficient (Wildman–Crippen LogP) is 6.34. The maximum atomic E-state index is 13.2. The number of carbonyl (C=O) groups is 1. The van der Waals surface area contributed by atoms with Crippen molar-refractivity contribution in [3.8, 4) is 5.75 Å². The minimum atomic E-state index is -0.481. The molecule has 0 spiro atoms. The maximum Gasteiger partial charge on any atom is 0.323 e. The molecule has 0 atom stereocenters. The number of fused-ring (bicyclic) bond motifs is 1. The first-order valence-corrected chi connectivity index (χ1v) is 9.52. The second-order valence-corrected chi connectivity index (χ2v) is 7.07. The van der Waals surface area contributed by atoms with E-state index in [0.717, 1.165) is 26.4 Å². The van der Waals surface area contributed by atoms with Crippen molar-refractivity contribution in [2.45, 2.75) is 5.92 Å². The molecule has 0 bridgehead atoms. The SMILES string of the molecule is O=C(Oc1ccc2ccccc2c1Br)C(c1ccccc1)c1ccccc1. The van der Waals surface area contributed by atoms with E-state index in [1.54, 1.807) is 0 Å². The average molecular weight is 417 g/mol. The van der Waals surface area contributed by atoms with Gasteiger partial charge in [0.05, 0.1) is 4.47 Å². The summed E-state index contributed by atoms with van der Waals surface area (Å²) in [6, 6.07) is 31.2. The van der Waals surface area contributed by atoms with E-state index >= 15 is 0 Å². The molecule has 0 N–H and O–H groups in total. The Bertz CT molecular complexity index is 1040. The highest BCUT2D eigenvalue weighted by atomic mass is 79.9. The number of esters is 1. The molecule has 0 heterocycles. The topological polar surface area (TPSA) is 26.3 Å². The molecule has 2 nitrogen and oxygen atoms in total. The van der Waals surface area contributed by atoms with Gasteiger partial charge in [0.1, 0.15) is 11.7 Å². The summed E-state index contributed by atoms with van der Waals surface area (Å²) in [5, 5.41) is 2.10. The number of hydrogen-bond donors (Lipinski definition) is 0. The zero-order valence-electron chi connectivity index (χ0n) is 14.5. The number of benzene rings is 4. The van der Waals surface area contributed by atoms with Gasteiger partial charge < -0.3 is 4.74 Å². The van der Waals surface area contributed by atoms with Gasteiger partial charge >= 0.3 is 5.97 Å². The quantitative estimate of drug-likeness (QED) is 0.286. The van der Waals surface area contributed by atoms with Gasteiger partial charge in [0.15, 0.2) is 0 Å². The monoisotopic (exact) mass is 416 g/mol. The molecule has 0 aliphatic heterocycles. The molecule has 4 rings (SSSR count). The summed E-state index contributed by atoms with van der Waals surface area (Å²) in [6.45, 7) is 0. The predicted molar refractivity (Wildman–Crippen MR) is 112 cm³/mol. The molecular formula is C24H17BrO2. The fourth-order valence-corrected chi connectivity index (χ4v) is 3.79. The molecule has 132 valence electrons. The fraction of sp³-hybridized carbons (Fsp3) is 0.0417. The van der Waals surface area contributed by atoms with E-state index in [4.69, 9.17) is 4.74 Å². The zero-order chi connectivity index (χ0) is 18.6. The number of rotatable bonds is 4. The van der Waals surface area contributed by atoms with Crippen molar-refractivity contribution < 1.29 is 9.53 Å². The first-order chi connectivity index (χ1) is 13.2. The Kier molecular flexibility index (Phi) is 5.03. The molecule has 4 aromatic rings. The van der Waals surface area contributed by atoms with E-state index in [0.29, 0.717) is 5.75 Å². The van der Waals surface area contributed by atoms with Crippen LogP contribution in [0.1, 0.15) is 17.0 Å². The molecule has 0 amide bonds. The Hall–Kier alpha value is -2.91. The van der Waals surface area contributed by atoms with Crippen molar-refractivity contribution in [1.29, 1.82) is 0 Å². The van der Waals surface area contributed by atoms with E-state index in [2.05, 4.69) is 15.9 Å². The Morgan fingerprint density at radius 1 is 0.704 bits per heavy atom. The third kappa shape index (κ3) is 3.64. The van der Waals surface area contributed by atoms with Crippen molar-refractivity contribution in [2.75, 3.05) is 0 Å². The molecule has 0 unspecified atom stereocenters. The van der Waals surface area contributed by atoms with Crippen molar-refractivity contribution in [2.24, 2.45) is 0 Å². The number of halogens is 1. The molecule has 0 aliphatic rings. The Balaban J connectivity index is 1.72. The van der Waals surface area contributed by atoms with Crippen LogP contribution in [-0.2, 0) is 4.79 Å². The van der Waals surface area contributed by atoms with Crippen molar-refractivity contribution in [1.82, 2.24) is 0 Å². The van der Waals surface area contributed by atoms with Crippen LogP contribution >= 0.6 is 15.9 Å². The van der Waals surface area contributed by atoms with Gasteiger partial charge in [-0.1, -0.05) is 91.0 Å². The van der Waals surface area contributed by atoms with Gasteiger partial charge in [0.2, 0.25) is 0 Å². The van der Waals surface area contributed by atoms with Crippen LogP contribution in [-0.4, -0.2) is 5.97 Å². The van der Waals surface area contributed by atoms with E-state index in [9.17, 15) is 4.79 Å². The summed E-state index contributed by atoms with van der Waals surface area (Å²) < 4.78 is 6.62. The van der Waals surface area contributed by atoms with E-state index in [1.165, 1.54) is 0 Å². The first-order valence-electron chi connectivity index (χ1n) is 8.73. The number of carbonyl (C=O) groups excluding carboxylic acids is 1. The van der Waals surface area contributed by atoms with Gasteiger partial charge in [-0.3, -0.25) is 4.79 Å². The van der Waals surface area contributed by atoms with Crippen molar-refractivity contribution in [3.63, 3.8) is 0 Å². The third-order valence-corrected chi connectivity index (χ3v) is 5.36. The van der Waals surface area contributed by atoms with Crippen LogP contribution < -0.4 is 4.74 Å². The lowest BCUT2D eigenvalue weighted by atomic mass is 9.91. The zero-order valence-corrected chi connectivity index (χ0v) is 16.1. The van der Waals surface area contributed by atoms with Crippen LogP contribution in [0.2, 0.25) is 0 Å². The molecular weight excluding hydrogens is 400 g/mol. The maximum absolute atomic E-state index is 13.2. The molecule has 3 heteroatoms. The lowest BCUT2D eigenvalue weighted by Crippen LogP contribution is -2.20. The largest absolute Gasteiger partial charge is 0.425 e. The standard InChI is InChI=1S/C24H17BrO2/c25-23-20-14-8-7-9-17(20)15-16-21(23)27-24(26)22(18-10-3-1-4-11-18)19-12-5-2-6-13-19/h1-16,22H. The minimum absolute atomic E-state index is 0.302. The van der Waals surface area contributed by atoms with Crippen molar-refractivity contribution in [3.05, 3.63) is 113 Å². The second-order valence-electron chi connectivity index (χ2n) is 6.27. The number of hydrogen-bond acceptors (Lipinski definition) is 2. The van der Waals surface area contributed by atoms with Crippen LogP contribution in [0.3, 0.4) is 0 Å². The van der Waals surface area contributed by atoms with Crippen LogP contribution in [0.25, 0.3) is 10.8 Å². The molecule has 0 aromatic heterocycles. The van der Waals surface area contributed by atoms with Gasteiger partial charge in [-0.2, -0.15) is 0 Å². The third-order valence-electron chi connectivity index (χ3n) is 4.54. The van der Waals surface area contributed by atoms with Crippen LogP contribution in [0.5, 0.6) is 5.75 Å². The molecule has 4 aromatic carbocycles. The summed E-state index contributed by atoms with van der Waals surface area (Å²) in [6.07, 6.45) is 0. The summed E-state index contributed by atoms with van der Waals surface area (Å²) in [5.41, 5.74) is 1.82. The van der Waals surface area contributed by atoms with E-state index in [1.807, 2.05) is 97.1 Å². The molecule has 0 fully saturated rings. The smallest absolute Gasteiger partial charge is 0.323 e. The first kappa shape index (κ1) is 17.5.